The lowest BCUT2D eigenvalue weighted by molar-refractivity contribution is -0.145. The largest absolute Gasteiger partial charge is 0.492 e. The highest BCUT2D eigenvalue weighted by Gasteiger charge is 2.40. The highest BCUT2D eigenvalue weighted by Crippen LogP contribution is 2.35. The molecule has 1 aliphatic carbocycles. The van der Waals surface area contributed by atoms with E-state index in [1.807, 2.05) is 38.1 Å². The second-order valence-electron chi connectivity index (χ2n) is 6.39. The predicted octanol–water partition coefficient (Wildman–Crippen LogP) is 4.31. The summed E-state index contributed by atoms with van der Waals surface area (Å²) in [4.78, 5) is 17.5. The molecular weight excluding hydrogens is 316 g/mol. The molecule has 1 saturated carbocycles. The molecule has 1 amide bonds. The minimum Gasteiger partial charge on any atom is -0.492 e. The van der Waals surface area contributed by atoms with Crippen molar-refractivity contribution >= 4 is 22.5 Å². The first-order chi connectivity index (χ1) is 12.2. The molecule has 0 spiro atoms. The average molecular weight is 342 g/mol. The molecule has 5 nitrogen and oxygen atoms in total. The van der Waals surface area contributed by atoms with Gasteiger partial charge in [-0.05, 0) is 51.0 Å². The predicted molar refractivity (Wildman–Crippen MR) is 99.0 cm³/mol. The van der Waals surface area contributed by atoms with E-state index in [1.54, 1.807) is 6.20 Å². The topological polar surface area (TPSA) is 60.5 Å². The van der Waals surface area contributed by atoms with Gasteiger partial charge in [0.25, 0.3) is 5.91 Å². The van der Waals surface area contributed by atoms with E-state index in [0.717, 1.165) is 54.4 Å². The van der Waals surface area contributed by atoms with Crippen molar-refractivity contribution in [2.75, 3.05) is 18.5 Å². The van der Waals surface area contributed by atoms with Crippen LogP contribution in [-0.4, -0.2) is 29.7 Å². The number of rotatable bonds is 6. The number of aromatic nitrogens is 1. The van der Waals surface area contributed by atoms with Gasteiger partial charge < -0.3 is 14.8 Å². The number of ether oxygens (including phenoxy) is 2. The van der Waals surface area contributed by atoms with Gasteiger partial charge in [-0.3, -0.25) is 9.78 Å². The van der Waals surface area contributed by atoms with E-state index in [9.17, 15) is 4.79 Å². The molecule has 3 rings (SSSR count). The fraction of sp³-hybridized carbons (Fsp3) is 0.500. The van der Waals surface area contributed by atoms with Crippen LogP contribution in [0.5, 0.6) is 5.75 Å². The van der Waals surface area contributed by atoms with Gasteiger partial charge in [-0.25, -0.2) is 0 Å². The van der Waals surface area contributed by atoms with Crippen LogP contribution in [0, 0.1) is 0 Å². The summed E-state index contributed by atoms with van der Waals surface area (Å²) in [6.07, 6.45) is 6.51. The highest BCUT2D eigenvalue weighted by molar-refractivity contribution is 6.05. The second-order valence-corrected chi connectivity index (χ2v) is 6.39. The van der Waals surface area contributed by atoms with Crippen LogP contribution in [-0.2, 0) is 9.53 Å². The van der Waals surface area contributed by atoms with E-state index >= 15 is 0 Å². The van der Waals surface area contributed by atoms with Gasteiger partial charge in [-0.2, -0.15) is 0 Å². The number of carbonyl (C=O) groups excluding carboxylic acids is 1. The van der Waals surface area contributed by atoms with Crippen LogP contribution in [0.2, 0.25) is 0 Å². The Morgan fingerprint density at radius 1 is 1.16 bits per heavy atom. The molecule has 25 heavy (non-hydrogen) atoms. The van der Waals surface area contributed by atoms with Crippen molar-refractivity contribution in [3.63, 3.8) is 0 Å². The SMILES string of the molecule is CCOc1ccc(NC(=O)C2(OCC)CCCCC2)c2cccnc12. The number of amides is 1. The van der Waals surface area contributed by atoms with Gasteiger partial charge in [0.2, 0.25) is 0 Å². The molecule has 0 saturated heterocycles. The summed E-state index contributed by atoms with van der Waals surface area (Å²) >= 11 is 0. The van der Waals surface area contributed by atoms with E-state index in [2.05, 4.69) is 10.3 Å². The van der Waals surface area contributed by atoms with Crippen molar-refractivity contribution in [2.45, 2.75) is 51.6 Å². The Morgan fingerprint density at radius 2 is 1.96 bits per heavy atom. The number of carbonyl (C=O) groups is 1. The molecule has 1 fully saturated rings. The third-order valence-electron chi connectivity index (χ3n) is 4.78. The Morgan fingerprint density at radius 3 is 2.68 bits per heavy atom. The van der Waals surface area contributed by atoms with Gasteiger partial charge in [0.1, 0.15) is 16.9 Å². The quantitative estimate of drug-likeness (QED) is 0.850. The maximum Gasteiger partial charge on any atom is 0.256 e. The number of hydrogen-bond acceptors (Lipinski definition) is 4. The number of nitrogens with one attached hydrogen (secondary N) is 1. The van der Waals surface area contributed by atoms with Crippen molar-refractivity contribution in [3.05, 3.63) is 30.5 Å². The van der Waals surface area contributed by atoms with Gasteiger partial charge in [-0.1, -0.05) is 19.3 Å². The number of nitrogens with zero attached hydrogens (tertiary/aromatic N) is 1. The number of pyridine rings is 1. The minimum atomic E-state index is -0.708. The Hall–Kier alpha value is -2.14. The standard InChI is InChI=1S/C20H26N2O3/c1-3-24-17-11-10-16(15-9-8-14-21-18(15)17)22-19(23)20(25-4-2)12-6-5-7-13-20/h8-11,14H,3-7,12-13H2,1-2H3,(H,22,23). The molecule has 0 unspecified atom stereocenters. The Balaban J connectivity index is 1.92. The Bertz CT molecular complexity index is 733. The average Bonchev–Trinajstić information content (AvgIpc) is 2.65. The van der Waals surface area contributed by atoms with Crippen LogP contribution >= 0.6 is 0 Å². The summed E-state index contributed by atoms with van der Waals surface area (Å²) in [6.45, 7) is 5.00. The third kappa shape index (κ3) is 3.61. The van der Waals surface area contributed by atoms with Crippen molar-refractivity contribution < 1.29 is 14.3 Å². The first-order valence-corrected chi connectivity index (χ1v) is 9.16. The van der Waals surface area contributed by atoms with Crippen LogP contribution in [0.25, 0.3) is 10.9 Å². The van der Waals surface area contributed by atoms with Crippen molar-refractivity contribution in [1.29, 1.82) is 0 Å². The molecule has 5 heteroatoms. The zero-order valence-electron chi connectivity index (χ0n) is 15.0. The second kappa shape index (κ2) is 7.83. The summed E-state index contributed by atoms with van der Waals surface area (Å²) in [5.74, 6) is 0.677. The smallest absolute Gasteiger partial charge is 0.256 e. The first kappa shape index (κ1) is 17.7. The fourth-order valence-electron chi connectivity index (χ4n) is 3.60. The number of hydrogen-bond donors (Lipinski definition) is 1. The summed E-state index contributed by atoms with van der Waals surface area (Å²) in [5.41, 5.74) is 0.803. The minimum absolute atomic E-state index is 0.0524. The van der Waals surface area contributed by atoms with E-state index in [4.69, 9.17) is 9.47 Å². The fourth-order valence-corrected chi connectivity index (χ4v) is 3.60. The van der Waals surface area contributed by atoms with Crippen LogP contribution in [0.1, 0.15) is 46.0 Å². The highest BCUT2D eigenvalue weighted by atomic mass is 16.5. The van der Waals surface area contributed by atoms with Gasteiger partial charge in [0.05, 0.1) is 12.3 Å². The normalized spacial score (nSPS) is 16.6. The first-order valence-electron chi connectivity index (χ1n) is 9.16. The van der Waals surface area contributed by atoms with E-state index in [-0.39, 0.29) is 5.91 Å². The molecular formula is C20H26N2O3. The molecule has 1 N–H and O–H groups in total. The van der Waals surface area contributed by atoms with E-state index < -0.39 is 5.60 Å². The maximum absolute atomic E-state index is 13.0. The van der Waals surface area contributed by atoms with Crippen LogP contribution < -0.4 is 10.1 Å². The third-order valence-corrected chi connectivity index (χ3v) is 4.78. The van der Waals surface area contributed by atoms with Gasteiger partial charge in [0, 0.05) is 18.2 Å². The molecule has 1 aliphatic rings. The lowest BCUT2D eigenvalue weighted by Crippen LogP contribution is -2.47. The summed E-state index contributed by atoms with van der Waals surface area (Å²) in [7, 11) is 0. The lowest BCUT2D eigenvalue weighted by Gasteiger charge is -2.35. The lowest BCUT2D eigenvalue weighted by atomic mass is 9.83. The number of benzene rings is 1. The van der Waals surface area contributed by atoms with Crippen LogP contribution in [0.4, 0.5) is 5.69 Å². The monoisotopic (exact) mass is 342 g/mol. The van der Waals surface area contributed by atoms with Gasteiger partial charge >= 0.3 is 0 Å². The van der Waals surface area contributed by atoms with Gasteiger partial charge in [0.15, 0.2) is 0 Å². The van der Waals surface area contributed by atoms with E-state index in [0.29, 0.717) is 13.2 Å². The number of fused-ring (bicyclic) bond motifs is 1. The van der Waals surface area contributed by atoms with Crippen molar-refractivity contribution in [2.24, 2.45) is 0 Å². The summed E-state index contributed by atoms with van der Waals surface area (Å²) in [6, 6.07) is 7.57. The zero-order chi connectivity index (χ0) is 17.7. The Kier molecular flexibility index (Phi) is 5.53. The van der Waals surface area contributed by atoms with Crippen LogP contribution in [0.3, 0.4) is 0 Å². The summed E-state index contributed by atoms with van der Waals surface area (Å²) < 4.78 is 11.6. The Labute approximate surface area is 148 Å². The van der Waals surface area contributed by atoms with Gasteiger partial charge in [-0.15, -0.1) is 0 Å². The molecule has 2 aromatic rings. The molecule has 134 valence electrons. The van der Waals surface area contributed by atoms with Crippen molar-refractivity contribution in [1.82, 2.24) is 4.98 Å². The summed E-state index contributed by atoms with van der Waals surface area (Å²) in [5, 5.41) is 3.97. The van der Waals surface area contributed by atoms with Crippen LogP contribution in [0.15, 0.2) is 30.5 Å². The molecule has 0 atom stereocenters. The maximum atomic E-state index is 13.0. The molecule has 1 aromatic carbocycles. The van der Waals surface area contributed by atoms with E-state index in [1.165, 1.54) is 0 Å². The molecule has 1 heterocycles. The molecule has 0 radical (unpaired) electrons. The zero-order valence-corrected chi connectivity index (χ0v) is 15.0. The molecule has 0 aliphatic heterocycles. The number of anilines is 1. The molecule has 1 aromatic heterocycles. The molecule has 0 bridgehead atoms. The van der Waals surface area contributed by atoms with Crippen molar-refractivity contribution in [3.8, 4) is 5.75 Å².